The van der Waals surface area contributed by atoms with Crippen LogP contribution in [-0.4, -0.2) is 18.7 Å². The maximum absolute atomic E-state index is 12.0. The Balaban J connectivity index is 2.13. The predicted molar refractivity (Wildman–Crippen MR) is 78.5 cm³/mol. The van der Waals surface area contributed by atoms with Gasteiger partial charge in [0.2, 0.25) is 0 Å². The number of hydrogen-bond acceptors (Lipinski definition) is 4. The van der Waals surface area contributed by atoms with Gasteiger partial charge in [0.05, 0.1) is 17.9 Å². The van der Waals surface area contributed by atoms with Crippen molar-refractivity contribution in [1.29, 1.82) is 0 Å². The summed E-state index contributed by atoms with van der Waals surface area (Å²) >= 11 is 0. The molecule has 108 valence electrons. The lowest BCUT2D eigenvalue weighted by Gasteiger charge is -2.11. The molecule has 0 saturated carbocycles. The van der Waals surface area contributed by atoms with E-state index in [1.54, 1.807) is 55.5 Å². The number of rotatable bonds is 4. The summed E-state index contributed by atoms with van der Waals surface area (Å²) in [4.78, 5) is 23.5. The van der Waals surface area contributed by atoms with Gasteiger partial charge < -0.3 is 9.47 Å². The first-order valence-electron chi connectivity index (χ1n) is 6.50. The van der Waals surface area contributed by atoms with Crippen molar-refractivity contribution in [3.8, 4) is 5.75 Å². The lowest BCUT2D eigenvalue weighted by Crippen LogP contribution is -2.15. The summed E-state index contributed by atoms with van der Waals surface area (Å²) in [5, 5.41) is 2.53. The molecule has 0 unspecified atom stereocenters. The first-order valence-corrected chi connectivity index (χ1v) is 6.50. The van der Waals surface area contributed by atoms with Gasteiger partial charge in [-0.15, -0.1) is 0 Å². The van der Waals surface area contributed by atoms with E-state index in [9.17, 15) is 9.59 Å². The Morgan fingerprint density at radius 3 is 2.38 bits per heavy atom. The minimum Gasteiger partial charge on any atom is -0.450 e. The van der Waals surface area contributed by atoms with E-state index in [1.807, 2.05) is 6.07 Å². The van der Waals surface area contributed by atoms with Gasteiger partial charge in [0.25, 0.3) is 0 Å². The molecule has 0 heterocycles. The van der Waals surface area contributed by atoms with Crippen LogP contribution in [0.15, 0.2) is 54.6 Å². The number of benzene rings is 2. The number of nitrogens with one attached hydrogen (secondary N) is 1. The number of esters is 1. The minimum atomic E-state index is -0.597. The monoisotopic (exact) mass is 285 g/mol. The Kier molecular flexibility index (Phi) is 4.93. The second-order valence-corrected chi connectivity index (χ2v) is 4.10. The van der Waals surface area contributed by atoms with Gasteiger partial charge in [-0.25, -0.2) is 9.59 Å². The third-order valence-corrected chi connectivity index (χ3v) is 2.61. The number of carbonyl (C=O) groups is 2. The Morgan fingerprint density at radius 1 is 1.00 bits per heavy atom. The third-order valence-electron chi connectivity index (χ3n) is 2.61. The molecular formula is C16H15NO4. The quantitative estimate of drug-likeness (QED) is 0.690. The van der Waals surface area contributed by atoms with Crippen LogP contribution in [0.25, 0.3) is 0 Å². The van der Waals surface area contributed by atoms with Crippen LogP contribution in [0.5, 0.6) is 5.75 Å². The SMILES string of the molecule is CCOC(=O)Nc1ccccc1OC(=O)c1ccccc1. The molecule has 21 heavy (non-hydrogen) atoms. The Labute approximate surface area is 122 Å². The fourth-order valence-electron chi connectivity index (χ4n) is 1.67. The first-order chi connectivity index (χ1) is 10.2. The lowest BCUT2D eigenvalue weighted by molar-refractivity contribution is 0.0735. The van der Waals surface area contributed by atoms with Crippen molar-refractivity contribution in [1.82, 2.24) is 0 Å². The predicted octanol–water partition coefficient (Wildman–Crippen LogP) is 3.47. The molecule has 0 aromatic heterocycles. The van der Waals surface area contributed by atoms with E-state index in [-0.39, 0.29) is 12.4 Å². The average Bonchev–Trinajstić information content (AvgIpc) is 2.50. The molecule has 2 aromatic carbocycles. The van der Waals surface area contributed by atoms with Crippen molar-refractivity contribution < 1.29 is 19.1 Å². The second-order valence-electron chi connectivity index (χ2n) is 4.10. The topological polar surface area (TPSA) is 64.6 Å². The zero-order valence-corrected chi connectivity index (χ0v) is 11.5. The highest BCUT2D eigenvalue weighted by Crippen LogP contribution is 2.24. The normalized spacial score (nSPS) is 9.76. The van der Waals surface area contributed by atoms with Crippen molar-refractivity contribution in [3.05, 3.63) is 60.2 Å². The number of hydrogen-bond donors (Lipinski definition) is 1. The molecule has 0 saturated heterocycles. The summed E-state index contributed by atoms with van der Waals surface area (Å²) in [6, 6.07) is 15.3. The molecule has 0 aliphatic rings. The van der Waals surface area contributed by atoms with Crippen LogP contribution in [0.4, 0.5) is 10.5 Å². The molecule has 0 aliphatic heterocycles. The highest BCUT2D eigenvalue weighted by Gasteiger charge is 2.12. The average molecular weight is 285 g/mol. The van der Waals surface area contributed by atoms with Crippen molar-refractivity contribution in [2.75, 3.05) is 11.9 Å². The van der Waals surface area contributed by atoms with E-state index >= 15 is 0 Å². The molecule has 1 N–H and O–H groups in total. The number of carbonyl (C=O) groups excluding carboxylic acids is 2. The summed E-state index contributed by atoms with van der Waals surface area (Å²) in [6.45, 7) is 1.97. The number of ether oxygens (including phenoxy) is 2. The van der Waals surface area contributed by atoms with E-state index in [2.05, 4.69) is 5.32 Å². The van der Waals surface area contributed by atoms with E-state index in [0.717, 1.165) is 0 Å². The molecule has 1 amide bonds. The standard InChI is InChI=1S/C16H15NO4/c1-2-20-16(19)17-13-10-6-7-11-14(13)21-15(18)12-8-4-3-5-9-12/h3-11H,2H2,1H3,(H,17,19). The van der Waals surface area contributed by atoms with Gasteiger partial charge in [0, 0.05) is 0 Å². The summed E-state index contributed by atoms with van der Waals surface area (Å²) < 4.78 is 10.1. The van der Waals surface area contributed by atoms with Crippen molar-refractivity contribution >= 4 is 17.7 Å². The molecule has 0 radical (unpaired) electrons. The van der Waals surface area contributed by atoms with Gasteiger partial charge in [-0.05, 0) is 31.2 Å². The van der Waals surface area contributed by atoms with Crippen LogP contribution in [-0.2, 0) is 4.74 Å². The Hall–Kier alpha value is -2.82. The second kappa shape index (κ2) is 7.09. The van der Waals surface area contributed by atoms with Crippen LogP contribution in [0.3, 0.4) is 0 Å². The van der Waals surface area contributed by atoms with Crippen molar-refractivity contribution in [3.63, 3.8) is 0 Å². The molecule has 0 aliphatic carbocycles. The maximum Gasteiger partial charge on any atom is 0.411 e. The van der Waals surface area contributed by atoms with Gasteiger partial charge in [-0.2, -0.15) is 0 Å². The van der Waals surface area contributed by atoms with E-state index in [4.69, 9.17) is 9.47 Å². The molecule has 2 rings (SSSR count). The highest BCUT2D eigenvalue weighted by atomic mass is 16.6. The molecule has 5 heteroatoms. The van der Waals surface area contributed by atoms with Crippen LogP contribution in [0.2, 0.25) is 0 Å². The molecule has 0 spiro atoms. The van der Waals surface area contributed by atoms with Crippen LogP contribution < -0.4 is 10.1 Å². The molecule has 0 fully saturated rings. The number of anilines is 1. The fraction of sp³-hybridized carbons (Fsp3) is 0.125. The molecule has 2 aromatic rings. The molecule has 0 bridgehead atoms. The summed E-state index contributed by atoms with van der Waals surface area (Å²) in [5.41, 5.74) is 0.809. The van der Waals surface area contributed by atoms with Crippen LogP contribution >= 0.6 is 0 Å². The van der Waals surface area contributed by atoms with E-state index in [0.29, 0.717) is 11.3 Å². The zero-order valence-electron chi connectivity index (χ0n) is 11.5. The smallest absolute Gasteiger partial charge is 0.411 e. The minimum absolute atomic E-state index is 0.262. The van der Waals surface area contributed by atoms with Gasteiger partial charge >= 0.3 is 12.1 Å². The van der Waals surface area contributed by atoms with Gasteiger partial charge in [0.1, 0.15) is 0 Å². The van der Waals surface area contributed by atoms with E-state index < -0.39 is 12.1 Å². The van der Waals surface area contributed by atoms with Gasteiger partial charge in [-0.1, -0.05) is 30.3 Å². The largest absolute Gasteiger partial charge is 0.450 e. The summed E-state index contributed by atoms with van der Waals surface area (Å²) in [5.74, 6) is -0.229. The van der Waals surface area contributed by atoms with Gasteiger partial charge in [0.15, 0.2) is 5.75 Å². The fourth-order valence-corrected chi connectivity index (χ4v) is 1.67. The zero-order chi connectivity index (χ0) is 15.1. The van der Waals surface area contributed by atoms with Crippen LogP contribution in [0.1, 0.15) is 17.3 Å². The Morgan fingerprint density at radius 2 is 1.67 bits per heavy atom. The lowest BCUT2D eigenvalue weighted by atomic mass is 10.2. The number of amides is 1. The van der Waals surface area contributed by atoms with Crippen molar-refractivity contribution in [2.45, 2.75) is 6.92 Å². The molecule has 5 nitrogen and oxygen atoms in total. The molecular weight excluding hydrogens is 270 g/mol. The van der Waals surface area contributed by atoms with Gasteiger partial charge in [-0.3, -0.25) is 5.32 Å². The third kappa shape index (κ3) is 4.07. The van der Waals surface area contributed by atoms with Crippen molar-refractivity contribution in [2.24, 2.45) is 0 Å². The Bertz CT molecular complexity index is 625. The maximum atomic E-state index is 12.0. The summed E-state index contributed by atoms with van der Waals surface area (Å²) in [7, 11) is 0. The number of para-hydroxylation sites is 2. The summed E-state index contributed by atoms with van der Waals surface area (Å²) in [6.07, 6.45) is -0.597. The van der Waals surface area contributed by atoms with E-state index in [1.165, 1.54) is 0 Å². The molecule has 0 atom stereocenters. The van der Waals surface area contributed by atoms with Crippen LogP contribution in [0, 0.1) is 0 Å². The highest BCUT2D eigenvalue weighted by molar-refractivity contribution is 5.93. The first kappa shape index (κ1) is 14.6.